The molecule has 0 bridgehead atoms. The molecule has 0 saturated heterocycles. The highest BCUT2D eigenvalue weighted by atomic mass is 35.5. The van der Waals surface area contributed by atoms with Crippen LogP contribution >= 0.6 is 11.6 Å². The Morgan fingerprint density at radius 1 is 1.54 bits per heavy atom. The molecule has 0 saturated carbocycles. The molecule has 0 aliphatic carbocycles. The second kappa shape index (κ2) is 4.09. The maximum Gasteiger partial charge on any atom is 0.358 e. The number of nitrogens with zero attached hydrogens (tertiary/aromatic N) is 1. The molecule has 70 valence electrons. The van der Waals surface area contributed by atoms with Gasteiger partial charge in [0.1, 0.15) is 10.8 Å². The lowest BCUT2D eigenvalue weighted by molar-refractivity contribution is 0.0594. The molecule has 0 unspecified atom stereocenters. The summed E-state index contributed by atoms with van der Waals surface area (Å²) in [7, 11) is 2.72. The first kappa shape index (κ1) is 9.80. The summed E-state index contributed by atoms with van der Waals surface area (Å²) in [6, 6.07) is 1.56. The monoisotopic (exact) mass is 201 g/mol. The fourth-order valence-corrected chi connectivity index (χ4v) is 1.09. The van der Waals surface area contributed by atoms with Crippen LogP contribution in [0, 0.1) is 0 Å². The second-order valence-electron chi connectivity index (χ2n) is 2.17. The third-order valence-corrected chi connectivity index (χ3v) is 1.82. The highest BCUT2D eigenvalue weighted by molar-refractivity contribution is 6.34. The van der Waals surface area contributed by atoms with Crippen LogP contribution in [0.1, 0.15) is 10.5 Å². The van der Waals surface area contributed by atoms with Crippen molar-refractivity contribution in [2.45, 2.75) is 0 Å². The van der Waals surface area contributed by atoms with Gasteiger partial charge in [-0.3, -0.25) is 0 Å². The average molecular weight is 202 g/mol. The van der Waals surface area contributed by atoms with Crippen molar-refractivity contribution in [3.05, 3.63) is 23.0 Å². The van der Waals surface area contributed by atoms with Crippen molar-refractivity contribution in [1.29, 1.82) is 0 Å². The van der Waals surface area contributed by atoms with Gasteiger partial charge in [0.25, 0.3) is 0 Å². The van der Waals surface area contributed by atoms with Gasteiger partial charge in [-0.15, -0.1) is 0 Å². The van der Waals surface area contributed by atoms with Crippen molar-refractivity contribution in [2.24, 2.45) is 0 Å². The Hall–Kier alpha value is -1.29. The van der Waals surface area contributed by atoms with E-state index in [-0.39, 0.29) is 10.7 Å². The molecule has 0 N–H and O–H groups in total. The van der Waals surface area contributed by atoms with E-state index >= 15 is 0 Å². The number of methoxy groups -OCH3 is 2. The Morgan fingerprint density at radius 3 is 2.77 bits per heavy atom. The number of hydrogen-bond acceptors (Lipinski definition) is 4. The summed E-state index contributed by atoms with van der Waals surface area (Å²) in [4.78, 5) is 14.8. The maximum absolute atomic E-state index is 11.1. The van der Waals surface area contributed by atoms with Crippen LogP contribution in [0.3, 0.4) is 0 Å². The Bertz CT molecular complexity index is 327. The molecule has 4 nitrogen and oxygen atoms in total. The van der Waals surface area contributed by atoms with Crippen LogP contribution in [0.25, 0.3) is 0 Å². The van der Waals surface area contributed by atoms with Crippen molar-refractivity contribution in [3.8, 4) is 5.75 Å². The number of hydrogen-bond donors (Lipinski definition) is 0. The van der Waals surface area contributed by atoms with Gasteiger partial charge in [0.15, 0.2) is 5.69 Å². The van der Waals surface area contributed by atoms with Crippen molar-refractivity contribution in [1.82, 2.24) is 4.98 Å². The van der Waals surface area contributed by atoms with Gasteiger partial charge in [-0.05, 0) is 0 Å². The smallest absolute Gasteiger partial charge is 0.358 e. The number of aromatic nitrogens is 1. The number of rotatable bonds is 2. The molecule has 0 amide bonds. The zero-order valence-electron chi connectivity index (χ0n) is 7.20. The summed E-state index contributed by atoms with van der Waals surface area (Å²) in [5.41, 5.74) is 0.0588. The predicted molar refractivity (Wildman–Crippen MR) is 47.1 cm³/mol. The number of esters is 1. The van der Waals surface area contributed by atoms with E-state index in [1.165, 1.54) is 20.4 Å². The van der Waals surface area contributed by atoms with Crippen LogP contribution in [0.15, 0.2) is 12.3 Å². The first-order valence-electron chi connectivity index (χ1n) is 3.47. The van der Waals surface area contributed by atoms with Gasteiger partial charge in [0.2, 0.25) is 0 Å². The Kier molecular flexibility index (Phi) is 3.08. The molecule has 0 spiro atoms. The van der Waals surface area contributed by atoms with Gasteiger partial charge >= 0.3 is 5.97 Å². The summed E-state index contributed by atoms with van der Waals surface area (Å²) in [5, 5.41) is 0.164. The molecule has 1 aromatic heterocycles. The largest absolute Gasteiger partial charge is 0.495 e. The minimum absolute atomic E-state index is 0.0588. The second-order valence-corrected chi connectivity index (χ2v) is 2.55. The zero-order valence-corrected chi connectivity index (χ0v) is 7.96. The molecular weight excluding hydrogens is 194 g/mol. The Labute approximate surface area is 80.4 Å². The molecule has 1 aromatic rings. The molecule has 0 aliphatic rings. The van der Waals surface area contributed by atoms with Crippen LogP contribution in [0.2, 0.25) is 5.02 Å². The van der Waals surface area contributed by atoms with Crippen molar-refractivity contribution in [3.63, 3.8) is 0 Å². The first-order valence-corrected chi connectivity index (χ1v) is 3.85. The van der Waals surface area contributed by atoms with Crippen molar-refractivity contribution >= 4 is 17.6 Å². The average Bonchev–Trinajstić information content (AvgIpc) is 2.17. The minimum Gasteiger partial charge on any atom is -0.495 e. The Balaban J connectivity index is 3.15. The molecule has 0 atom stereocenters. The molecule has 0 aromatic carbocycles. The topological polar surface area (TPSA) is 48.4 Å². The number of carbonyl (C=O) groups is 1. The van der Waals surface area contributed by atoms with E-state index in [9.17, 15) is 4.79 Å². The minimum atomic E-state index is -0.580. The van der Waals surface area contributed by atoms with E-state index in [0.717, 1.165) is 0 Å². The fourth-order valence-electron chi connectivity index (χ4n) is 0.823. The van der Waals surface area contributed by atoms with Gasteiger partial charge in [0, 0.05) is 12.3 Å². The third-order valence-electron chi connectivity index (χ3n) is 1.45. The maximum atomic E-state index is 11.1. The first-order chi connectivity index (χ1) is 6.20. The summed E-state index contributed by atoms with van der Waals surface area (Å²) in [6.07, 6.45) is 1.43. The van der Waals surface area contributed by atoms with E-state index in [4.69, 9.17) is 16.3 Å². The van der Waals surface area contributed by atoms with E-state index in [1.54, 1.807) is 6.07 Å². The number of pyridine rings is 1. The summed E-state index contributed by atoms with van der Waals surface area (Å²) < 4.78 is 9.38. The van der Waals surface area contributed by atoms with Gasteiger partial charge in [-0.25, -0.2) is 9.78 Å². The lowest BCUT2D eigenvalue weighted by Gasteiger charge is -2.04. The van der Waals surface area contributed by atoms with Gasteiger partial charge in [-0.1, -0.05) is 11.6 Å². The molecule has 0 fully saturated rings. The standard InChI is InChI=1S/C8H8ClNO3/c1-12-5-3-4-10-7(6(5)9)8(11)13-2/h3-4H,1-2H3. The summed E-state index contributed by atoms with van der Waals surface area (Å²) in [6.45, 7) is 0. The predicted octanol–water partition coefficient (Wildman–Crippen LogP) is 1.53. The van der Waals surface area contributed by atoms with E-state index < -0.39 is 5.97 Å². The van der Waals surface area contributed by atoms with Gasteiger partial charge in [-0.2, -0.15) is 0 Å². The number of carbonyl (C=O) groups excluding carboxylic acids is 1. The molecular formula is C8H8ClNO3. The van der Waals surface area contributed by atoms with Crippen LogP contribution < -0.4 is 4.74 Å². The Morgan fingerprint density at radius 2 is 2.23 bits per heavy atom. The van der Waals surface area contributed by atoms with Crippen LogP contribution in [0.5, 0.6) is 5.75 Å². The zero-order chi connectivity index (χ0) is 9.84. The van der Waals surface area contributed by atoms with Gasteiger partial charge < -0.3 is 9.47 Å². The quantitative estimate of drug-likeness (QED) is 0.681. The third kappa shape index (κ3) is 1.89. The highest BCUT2D eigenvalue weighted by Crippen LogP contribution is 2.26. The number of ether oxygens (including phenoxy) is 2. The lowest BCUT2D eigenvalue weighted by atomic mass is 10.3. The van der Waals surface area contributed by atoms with Crippen LogP contribution in [0.4, 0.5) is 0 Å². The van der Waals surface area contributed by atoms with E-state index in [1.807, 2.05) is 0 Å². The SMILES string of the molecule is COC(=O)c1nccc(OC)c1Cl. The molecule has 0 radical (unpaired) electrons. The van der Waals surface area contributed by atoms with Gasteiger partial charge in [0.05, 0.1) is 14.2 Å². The molecule has 1 heterocycles. The summed E-state index contributed by atoms with van der Waals surface area (Å²) in [5.74, 6) is -0.180. The molecule has 0 aliphatic heterocycles. The lowest BCUT2D eigenvalue weighted by Crippen LogP contribution is -2.05. The van der Waals surface area contributed by atoms with E-state index in [2.05, 4.69) is 9.72 Å². The normalized spacial score (nSPS) is 9.46. The fraction of sp³-hybridized carbons (Fsp3) is 0.250. The van der Waals surface area contributed by atoms with E-state index in [0.29, 0.717) is 5.75 Å². The highest BCUT2D eigenvalue weighted by Gasteiger charge is 2.15. The summed E-state index contributed by atoms with van der Waals surface area (Å²) >= 11 is 5.79. The van der Waals surface area contributed by atoms with Crippen molar-refractivity contribution in [2.75, 3.05) is 14.2 Å². The molecule has 5 heteroatoms. The molecule has 13 heavy (non-hydrogen) atoms. The van der Waals surface area contributed by atoms with Crippen molar-refractivity contribution < 1.29 is 14.3 Å². The number of halogens is 1. The van der Waals surface area contributed by atoms with Crippen LogP contribution in [-0.2, 0) is 4.74 Å². The van der Waals surface area contributed by atoms with Crippen LogP contribution in [-0.4, -0.2) is 25.2 Å². The molecule has 1 rings (SSSR count).